The van der Waals surface area contributed by atoms with Gasteiger partial charge in [0, 0.05) is 23.7 Å². The van der Waals surface area contributed by atoms with Crippen LogP contribution in [0.1, 0.15) is 40.6 Å². The second kappa shape index (κ2) is 10.6. The predicted octanol–water partition coefficient (Wildman–Crippen LogP) is 4.00. The van der Waals surface area contributed by atoms with Gasteiger partial charge in [-0.05, 0) is 50.2 Å². The van der Waals surface area contributed by atoms with E-state index in [-0.39, 0.29) is 48.9 Å². The SMILES string of the molecule is CCN(CC)C(=O)c1coc(CN2C(=O)COc3ccc(C(=O)COc4cccc(Cl)c4)cc32)n1. The molecule has 35 heavy (non-hydrogen) atoms. The molecule has 0 bridgehead atoms. The van der Waals surface area contributed by atoms with Crippen LogP contribution in [-0.4, -0.2) is 53.8 Å². The Kier molecular flexibility index (Phi) is 7.36. The molecule has 0 N–H and O–H groups in total. The van der Waals surface area contributed by atoms with E-state index in [0.717, 1.165) is 0 Å². The lowest BCUT2D eigenvalue weighted by atomic mass is 10.1. The van der Waals surface area contributed by atoms with Crippen molar-refractivity contribution >= 4 is 34.9 Å². The van der Waals surface area contributed by atoms with Crippen molar-refractivity contribution in [1.82, 2.24) is 9.88 Å². The van der Waals surface area contributed by atoms with E-state index in [2.05, 4.69) is 4.98 Å². The van der Waals surface area contributed by atoms with Crippen molar-refractivity contribution in [2.75, 3.05) is 31.2 Å². The topological polar surface area (TPSA) is 102 Å². The van der Waals surface area contributed by atoms with Gasteiger partial charge in [0.2, 0.25) is 5.89 Å². The summed E-state index contributed by atoms with van der Waals surface area (Å²) in [5.74, 6) is 0.265. The lowest BCUT2D eigenvalue weighted by molar-refractivity contribution is -0.121. The number of aromatic nitrogens is 1. The number of anilines is 1. The lowest BCUT2D eigenvalue weighted by Gasteiger charge is -2.28. The first kappa shape index (κ1) is 24.3. The van der Waals surface area contributed by atoms with Gasteiger partial charge in [-0.1, -0.05) is 17.7 Å². The van der Waals surface area contributed by atoms with E-state index in [1.165, 1.54) is 11.2 Å². The van der Waals surface area contributed by atoms with E-state index in [0.29, 0.717) is 40.9 Å². The second-order valence-electron chi connectivity index (χ2n) is 7.72. The molecule has 1 aliphatic rings. The Labute approximate surface area is 207 Å². The van der Waals surface area contributed by atoms with Gasteiger partial charge in [-0.3, -0.25) is 19.3 Å². The Balaban J connectivity index is 1.51. The van der Waals surface area contributed by atoms with E-state index < -0.39 is 0 Å². The zero-order valence-electron chi connectivity index (χ0n) is 19.3. The average molecular weight is 498 g/mol. The van der Waals surface area contributed by atoms with Crippen LogP contribution in [0.4, 0.5) is 5.69 Å². The number of benzene rings is 2. The van der Waals surface area contributed by atoms with Crippen LogP contribution in [0.25, 0.3) is 0 Å². The number of Topliss-reactive ketones (excluding diaryl/α,β-unsaturated/α-hetero) is 1. The number of halogens is 1. The van der Waals surface area contributed by atoms with Gasteiger partial charge in [0.15, 0.2) is 24.7 Å². The minimum atomic E-state index is -0.327. The van der Waals surface area contributed by atoms with Gasteiger partial charge in [0.25, 0.3) is 11.8 Å². The summed E-state index contributed by atoms with van der Waals surface area (Å²) >= 11 is 5.95. The second-order valence-corrected chi connectivity index (χ2v) is 8.16. The quantitative estimate of drug-likeness (QED) is 0.412. The molecular formula is C25H24ClN3O6. The summed E-state index contributed by atoms with van der Waals surface area (Å²) in [5.41, 5.74) is 0.926. The van der Waals surface area contributed by atoms with Gasteiger partial charge in [-0.15, -0.1) is 0 Å². The number of hydrogen-bond donors (Lipinski definition) is 0. The molecule has 3 aromatic rings. The van der Waals surface area contributed by atoms with Crippen LogP contribution in [0.2, 0.25) is 5.02 Å². The molecule has 0 radical (unpaired) electrons. The lowest BCUT2D eigenvalue weighted by Crippen LogP contribution is -2.38. The number of carbonyl (C=O) groups is 3. The van der Waals surface area contributed by atoms with Crippen molar-refractivity contribution in [3.63, 3.8) is 0 Å². The summed E-state index contributed by atoms with van der Waals surface area (Å²) in [6.07, 6.45) is 1.29. The number of fused-ring (bicyclic) bond motifs is 1. The maximum Gasteiger partial charge on any atom is 0.275 e. The molecular weight excluding hydrogens is 474 g/mol. The van der Waals surface area contributed by atoms with Crippen molar-refractivity contribution in [2.45, 2.75) is 20.4 Å². The van der Waals surface area contributed by atoms with Crippen LogP contribution < -0.4 is 14.4 Å². The number of oxazole rings is 1. The van der Waals surface area contributed by atoms with Crippen molar-refractivity contribution in [3.8, 4) is 11.5 Å². The highest BCUT2D eigenvalue weighted by atomic mass is 35.5. The first-order valence-electron chi connectivity index (χ1n) is 11.1. The van der Waals surface area contributed by atoms with Crippen molar-refractivity contribution < 1.29 is 28.3 Å². The number of amides is 2. The molecule has 182 valence electrons. The maximum atomic E-state index is 12.8. The van der Waals surface area contributed by atoms with Gasteiger partial charge in [-0.2, -0.15) is 0 Å². The molecule has 2 amide bonds. The van der Waals surface area contributed by atoms with Crippen LogP contribution in [0, 0.1) is 0 Å². The minimum Gasteiger partial charge on any atom is -0.485 e. The third-order valence-corrected chi connectivity index (χ3v) is 5.74. The summed E-state index contributed by atoms with van der Waals surface area (Å²) in [4.78, 5) is 45.3. The van der Waals surface area contributed by atoms with E-state index in [9.17, 15) is 14.4 Å². The Morgan fingerprint density at radius 1 is 1.17 bits per heavy atom. The minimum absolute atomic E-state index is 0.0165. The molecule has 0 saturated carbocycles. The molecule has 0 fully saturated rings. The van der Waals surface area contributed by atoms with Gasteiger partial charge in [0.1, 0.15) is 24.3 Å². The van der Waals surface area contributed by atoms with Crippen molar-refractivity contribution in [3.05, 3.63) is 70.9 Å². The Morgan fingerprint density at radius 3 is 2.71 bits per heavy atom. The molecule has 1 aliphatic heterocycles. The van der Waals surface area contributed by atoms with E-state index >= 15 is 0 Å². The van der Waals surface area contributed by atoms with Crippen LogP contribution in [0.3, 0.4) is 0 Å². The standard InChI is InChI=1S/C25H24ClN3O6/c1-3-28(4-2)25(32)19-13-35-23(27-19)12-29-20-10-16(8-9-22(20)34-15-24(29)31)21(30)14-33-18-7-5-6-17(26)11-18/h5-11,13H,3-4,12,14-15H2,1-2H3. The van der Waals surface area contributed by atoms with Crippen LogP contribution in [0.15, 0.2) is 53.1 Å². The largest absolute Gasteiger partial charge is 0.485 e. The summed E-state index contributed by atoms with van der Waals surface area (Å²) in [5, 5.41) is 0.503. The molecule has 0 atom stereocenters. The van der Waals surface area contributed by atoms with Crippen molar-refractivity contribution in [2.24, 2.45) is 0 Å². The first-order valence-corrected chi connectivity index (χ1v) is 11.5. The van der Waals surface area contributed by atoms with E-state index in [4.69, 9.17) is 25.5 Å². The number of rotatable bonds is 9. The number of carbonyl (C=O) groups excluding carboxylic acids is 3. The molecule has 10 heteroatoms. The summed E-state index contributed by atoms with van der Waals surface area (Å²) in [6, 6.07) is 11.6. The van der Waals surface area contributed by atoms with E-state index in [1.54, 1.807) is 47.4 Å². The third kappa shape index (κ3) is 5.46. The highest BCUT2D eigenvalue weighted by Gasteiger charge is 2.29. The molecule has 2 aromatic carbocycles. The molecule has 9 nitrogen and oxygen atoms in total. The van der Waals surface area contributed by atoms with Crippen LogP contribution >= 0.6 is 11.6 Å². The van der Waals surface area contributed by atoms with Crippen LogP contribution in [0.5, 0.6) is 11.5 Å². The monoisotopic (exact) mass is 497 g/mol. The summed E-state index contributed by atoms with van der Waals surface area (Å²) in [6.45, 7) is 4.47. The van der Waals surface area contributed by atoms with Gasteiger partial charge in [0.05, 0.1) is 5.69 Å². The van der Waals surface area contributed by atoms with Crippen LogP contribution in [-0.2, 0) is 11.3 Å². The molecule has 0 spiro atoms. The smallest absolute Gasteiger partial charge is 0.275 e. The fourth-order valence-corrected chi connectivity index (χ4v) is 3.81. The Bertz CT molecular complexity index is 1250. The molecule has 1 aromatic heterocycles. The number of hydrogen-bond acceptors (Lipinski definition) is 7. The molecule has 0 unspecified atom stereocenters. The third-order valence-electron chi connectivity index (χ3n) is 5.50. The normalized spacial score (nSPS) is 12.7. The highest BCUT2D eigenvalue weighted by molar-refractivity contribution is 6.30. The molecule has 2 heterocycles. The molecule has 0 saturated heterocycles. The summed E-state index contributed by atoms with van der Waals surface area (Å²) < 4.78 is 16.5. The van der Waals surface area contributed by atoms with Gasteiger partial charge < -0.3 is 18.8 Å². The predicted molar refractivity (Wildman–Crippen MR) is 128 cm³/mol. The number of ketones is 1. The molecule has 4 rings (SSSR count). The Hall–Kier alpha value is -3.85. The fraction of sp³-hybridized carbons (Fsp3) is 0.280. The van der Waals surface area contributed by atoms with E-state index in [1.807, 2.05) is 13.8 Å². The number of nitrogens with zero attached hydrogens (tertiary/aromatic N) is 3. The maximum absolute atomic E-state index is 12.8. The average Bonchev–Trinajstić information content (AvgIpc) is 3.33. The fourth-order valence-electron chi connectivity index (χ4n) is 3.63. The van der Waals surface area contributed by atoms with Gasteiger partial charge >= 0.3 is 0 Å². The highest BCUT2D eigenvalue weighted by Crippen LogP contribution is 2.34. The number of ether oxygens (including phenoxy) is 2. The summed E-state index contributed by atoms with van der Waals surface area (Å²) in [7, 11) is 0. The zero-order valence-corrected chi connectivity index (χ0v) is 20.1. The Morgan fingerprint density at radius 2 is 1.97 bits per heavy atom. The zero-order chi connectivity index (χ0) is 24.9. The van der Waals surface area contributed by atoms with Crippen molar-refractivity contribution in [1.29, 1.82) is 0 Å². The first-order chi connectivity index (χ1) is 16.9. The molecule has 0 aliphatic carbocycles. The van der Waals surface area contributed by atoms with Gasteiger partial charge in [-0.25, -0.2) is 4.98 Å².